The van der Waals surface area contributed by atoms with E-state index in [-0.39, 0.29) is 5.78 Å². The standard InChI is InChI=1S/C12H15ClO2/c1-7(2)9-5-10(8(3)14)12(15-4)11(13)6-9/h5-7H,1-4H3. The topological polar surface area (TPSA) is 26.3 Å². The number of methoxy groups -OCH3 is 1. The molecule has 0 saturated heterocycles. The molecule has 2 nitrogen and oxygen atoms in total. The van der Waals surface area contributed by atoms with E-state index >= 15 is 0 Å². The van der Waals surface area contributed by atoms with Gasteiger partial charge in [-0.2, -0.15) is 0 Å². The number of carbonyl (C=O) groups is 1. The number of rotatable bonds is 3. The highest BCUT2D eigenvalue weighted by atomic mass is 35.5. The molecule has 0 aliphatic carbocycles. The van der Waals surface area contributed by atoms with Crippen LogP contribution < -0.4 is 4.74 Å². The summed E-state index contributed by atoms with van der Waals surface area (Å²) in [5, 5.41) is 0.494. The van der Waals surface area contributed by atoms with Crippen LogP contribution in [0.3, 0.4) is 0 Å². The predicted molar refractivity (Wildman–Crippen MR) is 62.1 cm³/mol. The summed E-state index contributed by atoms with van der Waals surface area (Å²) in [6.07, 6.45) is 0. The van der Waals surface area contributed by atoms with E-state index in [0.29, 0.717) is 22.3 Å². The van der Waals surface area contributed by atoms with Crippen LogP contribution in [0.25, 0.3) is 0 Å². The third-order valence-corrected chi connectivity index (χ3v) is 2.60. The number of halogens is 1. The van der Waals surface area contributed by atoms with Gasteiger partial charge in [0.2, 0.25) is 0 Å². The summed E-state index contributed by atoms with van der Waals surface area (Å²) in [5.74, 6) is 0.774. The Morgan fingerprint density at radius 2 is 2.00 bits per heavy atom. The summed E-state index contributed by atoms with van der Waals surface area (Å²) in [7, 11) is 1.52. The van der Waals surface area contributed by atoms with E-state index in [0.717, 1.165) is 5.56 Å². The molecule has 0 amide bonds. The summed E-state index contributed by atoms with van der Waals surface area (Å²) in [6, 6.07) is 3.69. The number of benzene rings is 1. The average molecular weight is 227 g/mol. The summed E-state index contributed by atoms with van der Waals surface area (Å²) < 4.78 is 5.12. The molecule has 0 fully saturated rings. The van der Waals surface area contributed by atoms with Crippen molar-refractivity contribution in [1.82, 2.24) is 0 Å². The number of ether oxygens (including phenoxy) is 1. The van der Waals surface area contributed by atoms with Crippen molar-refractivity contribution >= 4 is 17.4 Å². The molecule has 0 radical (unpaired) electrons. The fourth-order valence-corrected chi connectivity index (χ4v) is 1.72. The molecule has 0 aromatic heterocycles. The molecule has 1 aromatic rings. The Morgan fingerprint density at radius 1 is 1.40 bits per heavy atom. The fourth-order valence-electron chi connectivity index (χ4n) is 1.42. The number of carbonyl (C=O) groups excluding carboxylic acids is 1. The van der Waals surface area contributed by atoms with Crippen molar-refractivity contribution < 1.29 is 9.53 Å². The van der Waals surface area contributed by atoms with Gasteiger partial charge in [-0.15, -0.1) is 0 Å². The van der Waals surface area contributed by atoms with Gasteiger partial charge in [-0.1, -0.05) is 25.4 Å². The molecule has 15 heavy (non-hydrogen) atoms. The first-order valence-electron chi connectivity index (χ1n) is 4.85. The van der Waals surface area contributed by atoms with Gasteiger partial charge in [0, 0.05) is 0 Å². The minimum Gasteiger partial charge on any atom is -0.494 e. The maximum absolute atomic E-state index is 11.4. The average Bonchev–Trinajstić information content (AvgIpc) is 2.16. The van der Waals surface area contributed by atoms with Crippen molar-refractivity contribution in [2.24, 2.45) is 0 Å². The molecule has 0 saturated carbocycles. The van der Waals surface area contributed by atoms with Crippen LogP contribution in [0.5, 0.6) is 5.75 Å². The van der Waals surface area contributed by atoms with Gasteiger partial charge in [-0.25, -0.2) is 0 Å². The number of hydrogen-bond donors (Lipinski definition) is 0. The van der Waals surface area contributed by atoms with Crippen molar-refractivity contribution in [2.75, 3.05) is 7.11 Å². The van der Waals surface area contributed by atoms with Crippen molar-refractivity contribution in [3.05, 3.63) is 28.3 Å². The number of Topliss-reactive ketones (excluding diaryl/α,β-unsaturated/α-hetero) is 1. The zero-order chi connectivity index (χ0) is 11.6. The lowest BCUT2D eigenvalue weighted by Gasteiger charge is -2.12. The van der Waals surface area contributed by atoms with Gasteiger partial charge >= 0.3 is 0 Å². The first-order valence-corrected chi connectivity index (χ1v) is 5.23. The van der Waals surface area contributed by atoms with E-state index in [9.17, 15) is 4.79 Å². The second kappa shape index (κ2) is 4.67. The largest absolute Gasteiger partial charge is 0.494 e. The molecule has 0 unspecified atom stereocenters. The van der Waals surface area contributed by atoms with Gasteiger partial charge < -0.3 is 4.74 Å². The van der Waals surface area contributed by atoms with Crippen molar-refractivity contribution in [2.45, 2.75) is 26.7 Å². The minimum atomic E-state index is -0.0312. The summed E-state index contributed by atoms with van der Waals surface area (Å²) >= 11 is 6.05. The lowest BCUT2D eigenvalue weighted by molar-refractivity contribution is 0.101. The van der Waals surface area contributed by atoms with Gasteiger partial charge in [-0.3, -0.25) is 4.79 Å². The molecule has 0 aliphatic rings. The second-order valence-electron chi connectivity index (χ2n) is 3.79. The lowest BCUT2D eigenvalue weighted by Crippen LogP contribution is -2.01. The van der Waals surface area contributed by atoms with Crippen LogP contribution in [0, 0.1) is 0 Å². The molecule has 3 heteroatoms. The van der Waals surface area contributed by atoms with Crippen molar-refractivity contribution in [3.63, 3.8) is 0 Å². The second-order valence-corrected chi connectivity index (χ2v) is 4.20. The fraction of sp³-hybridized carbons (Fsp3) is 0.417. The van der Waals surface area contributed by atoms with Gasteiger partial charge in [-0.05, 0) is 30.5 Å². The van der Waals surface area contributed by atoms with Crippen LogP contribution in [-0.4, -0.2) is 12.9 Å². The quantitative estimate of drug-likeness (QED) is 0.735. The highest BCUT2D eigenvalue weighted by Gasteiger charge is 2.14. The molecule has 0 heterocycles. The molecular weight excluding hydrogens is 212 g/mol. The zero-order valence-corrected chi connectivity index (χ0v) is 10.2. The van der Waals surface area contributed by atoms with Crippen LogP contribution in [0.1, 0.15) is 42.6 Å². The van der Waals surface area contributed by atoms with Crippen molar-refractivity contribution in [3.8, 4) is 5.75 Å². The van der Waals surface area contributed by atoms with Crippen LogP contribution in [0.2, 0.25) is 5.02 Å². The third-order valence-electron chi connectivity index (χ3n) is 2.32. The Bertz CT molecular complexity index is 383. The molecule has 0 atom stereocenters. The third kappa shape index (κ3) is 2.51. The van der Waals surface area contributed by atoms with Crippen LogP contribution in [0.15, 0.2) is 12.1 Å². The Morgan fingerprint density at radius 3 is 2.40 bits per heavy atom. The SMILES string of the molecule is COc1c(Cl)cc(C(C)C)cc1C(C)=O. The molecule has 1 rings (SSSR count). The van der Waals surface area contributed by atoms with Crippen molar-refractivity contribution in [1.29, 1.82) is 0 Å². The maximum atomic E-state index is 11.4. The molecule has 82 valence electrons. The highest BCUT2D eigenvalue weighted by Crippen LogP contribution is 2.32. The molecule has 0 N–H and O–H groups in total. The molecule has 0 spiro atoms. The Balaban J connectivity index is 3.38. The van der Waals surface area contributed by atoms with E-state index in [1.807, 2.05) is 12.1 Å². The van der Waals surface area contributed by atoms with Gasteiger partial charge in [0.25, 0.3) is 0 Å². The normalized spacial score (nSPS) is 10.5. The highest BCUT2D eigenvalue weighted by molar-refractivity contribution is 6.32. The predicted octanol–water partition coefficient (Wildman–Crippen LogP) is 3.67. The molecular formula is C12H15ClO2. The summed E-state index contributed by atoms with van der Waals surface area (Å²) in [6.45, 7) is 5.63. The smallest absolute Gasteiger partial charge is 0.163 e. The zero-order valence-electron chi connectivity index (χ0n) is 9.43. The van der Waals surface area contributed by atoms with E-state index in [1.165, 1.54) is 14.0 Å². The summed E-state index contributed by atoms with van der Waals surface area (Å²) in [4.78, 5) is 11.4. The van der Waals surface area contributed by atoms with E-state index in [2.05, 4.69) is 13.8 Å². The first-order chi connectivity index (χ1) is 6.97. The molecule has 0 aliphatic heterocycles. The monoisotopic (exact) mass is 226 g/mol. The number of ketones is 1. The van der Waals surface area contributed by atoms with Crippen LogP contribution >= 0.6 is 11.6 Å². The van der Waals surface area contributed by atoms with E-state index in [4.69, 9.17) is 16.3 Å². The van der Waals surface area contributed by atoms with Crippen LogP contribution in [0.4, 0.5) is 0 Å². The first kappa shape index (κ1) is 12.1. The van der Waals surface area contributed by atoms with Gasteiger partial charge in [0.1, 0.15) is 5.75 Å². The molecule has 1 aromatic carbocycles. The Labute approximate surface area is 95.2 Å². The van der Waals surface area contributed by atoms with Gasteiger partial charge in [0.15, 0.2) is 5.78 Å². The van der Waals surface area contributed by atoms with E-state index in [1.54, 1.807) is 0 Å². The number of hydrogen-bond acceptors (Lipinski definition) is 2. The van der Waals surface area contributed by atoms with Gasteiger partial charge in [0.05, 0.1) is 17.7 Å². The Kier molecular flexibility index (Phi) is 3.75. The minimum absolute atomic E-state index is 0.0312. The maximum Gasteiger partial charge on any atom is 0.163 e. The molecule has 0 bridgehead atoms. The lowest BCUT2D eigenvalue weighted by atomic mass is 9.99. The summed E-state index contributed by atoms with van der Waals surface area (Å²) in [5.41, 5.74) is 1.60. The Hall–Kier alpha value is -1.02. The van der Waals surface area contributed by atoms with Crippen LogP contribution in [-0.2, 0) is 0 Å². The van der Waals surface area contributed by atoms with E-state index < -0.39 is 0 Å².